The van der Waals surface area contributed by atoms with E-state index in [4.69, 9.17) is 16.3 Å². The van der Waals surface area contributed by atoms with E-state index < -0.39 is 42.8 Å². The highest BCUT2D eigenvalue weighted by Gasteiger charge is 2.41. The summed E-state index contributed by atoms with van der Waals surface area (Å²) in [4.78, 5) is 26.0. The smallest absolute Gasteiger partial charge is 0.369 e. The van der Waals surface area contributed by atoms with Crippen LogP contribution in [0.5, 0.6) is 0 Å². The minimum atomic E-state index is -4.41. The van der Waals surface area contributed by atoms with Crippen LogP contribution in [0.2, 0.25) is 5.02 Å². The summed E-state index contributed by atoms with van der Waals surface area (Å²) in [5, 5.41) is 5.38. The molecule has 30 heavy (non-hydrogen) atoms. The number of urea groups is 1. The van der Waals surface area contributed by atoms with E-state index in [1.54, 1.807) is 6.92 Å². The second kappa shape index (κ2) is 8.97. The number of amides is 3. The van der Waals surface area contributed by atoms with Gasteiger partial charge in [0.2, 0.25) is 5.91 Å². The molecule has 3 rings (SSSR count). The number of piperazine rings is 1. The SMILES string of the molecule is C[C@@H]1C(=O)NCCN1C(=O)N[C@@H](c1ccc(F)c(Cl)c1)C1CC(OCC(F)(F)F)C1. The number of ether oxygens (including phenoxy) is 1. The minimum Gasteiger partial charge on any atom is -0.369 e. The quantitative estimate of drug-likeness (QED) is 0.674. The van der Waals surface area contributed by atoms with Gasteiger partial charge in [0.25, 0.3) is 0 Å². The lowest BCUT2D eigenvalue weighted by molar-refractivity contribution is -0.198. The predicted molar refractivity (Wildman–Crippen MR) is 100 cm³/mol. The van der Waals surface area contributed by atoms with Gasteiger partial charge in [-0.3, -0.25) is 4.79 Å². The molecule has 0 radical (unpaired) electrons. The summed E-state index contributed by atoms with van der Waals surface area (Å²) in [5.74, 6) is -1.11. The second-order valence-electron chi connectivity index (χ2n) is 7.54. The van der Waals surface area contributed by atoms with Crippen LogP contribution < -0.4 is 10.6 Å². The number of nitrogens with zero attached hydrogens (tertiary/aromatic N) is 1. The maximum atomic E-state index is 13.6. The Balaban J connectivity index is 1.71. The average Bonchev–Trinajstić information content (AvgIpc) is 2.63. The van der Waals surface area contributed by atoms with Crippen molar-refractivity contribution in [3.05, 3.63) is 34.6 Å². The normalized spacial score (nSPS) is 25.3. The van der Waals surface area contributed by atoms with E-state index in [0.29, 0.717) is 31.5 Å². The maximum Gasteiger partial charge on any atom is 0.411 e. The van der Waals surface area contributed by atoms with Crippen molar-refractivity contribution in [2.75, 3.05) is 19.7 Å². The van der Waals surface area contributed by atoms with Gasteiger partial charge in [-0.1, -0.05) is 17.7 Å². The number of carbonyl (C=O) groups excluding carboxylic acids is 2. The van der Waals surface area contributed by atoms with Gasteiger partial charge in [-0.05, 0) is 43.4 Å². The number of hydrogen-bond acceptors (Lipinski definition) is 3. The van der Waals surface area contributed by atoms with E-state index in [1.807, 2.05) is 0 Å². The fraction of sp³-hybridized carbons (Fsp3) is 0.579. The lowest BCUT2D eigenvalue weighted by Gasteiger charge is -2.42. The summed E-state index contributed by atoms with van der Waals surface area (Å²) in [6, 6.07) is 2.27. The molecule has 1 aliphatic carbocycles. The van der Waals surface area contributed by atoms with Gasteiger partial charge in [-0.2, -0.15) is 13.2 Å². The number of hydrogen-bond donors (Lipinski definition) is 2. The molecule has 0 spiro atoms. The first-order valence-electron chi connectivity index (χ1n) is 9.53. The van der Waals surface area contributed by atoms with Crippen molar-refractivity contribution in [3.63, 3.8) is 0 Å². The molecule has 2 aliphatic rings. The zero-order chi connectivity index (χ0) is 22.1. The standard InChI is InChI=1S/C19H22ClF4N3O3/c1-10-17(28)25-4-5-27(10)18(29)26-16(11-2-3-15(21)14(20)8-11)12-6-13(7-12)30-9-19(22,23)24/h2-3,8,10,12-13,16H,4-7,9H2,1H3,(H,25,28)(H,26,29)/t10-,12?,13?,16+/m1/s1. The largest absolute Gasteiger partial charge is 0.411 e. The third-order valence-electron chi connectivity index (χ3n) is 5.43. The Bertz CT molecular complexity index is 802. The number of halogens is 5. The van der Waals surface area contributed by atoms with Gasteiger partial charge in [0.15, 0.2) is 0 Å². The van der Waals surface area contributed by atoms with Gasteiger partial charge in [0.1, 0.15) is 18.5 Å². The van der Waals surface area contributed by atoms with Crippen LogP contribution in [0.25, 0.3) is 0 Å². The molecule has 1 aromatic carbocycles. The van der Waals surface area contributed by atoms with Crippen molar-refractivity contribution in [2.45, 2.75) is 44.1 Å². The van der Waals surface area contributed by atoms with Crippen LogP contribution in [0.1, 0.15) is 31.4 Å². The zero-order valence-corrected chi connectivity index (χ0v) is 16.9. The molecule has 11 heteroatoms. The van der Waals surface area contributed by atoms with Crippen molar-refractivity contribution in [1.29, 1.82) is 0 Å². The Morgan fingerprint density at radius 3 is 2.73 bits per heavy atom. The topological polar surface area (TPSA) is 70.7 Å². The van der Waals surface area contributed by atoms with Crippen LogP contribution in [0, 0.1) is 11.7 Å². The molecule has 0 bridgehead atoms. The highest BCUT2D eigenvalue weighted by Crippen LogP contribution is 2.41. The number of alkyl halides is 3. The Labute approximate surface area is 175 Å². The molecule has 1 heterocycles. The van der Waals surface area contributed by atoms with Crippen LogP contribution >= 0.6 is 11.6 Å². The first-order chi connectivity index (χ1) is 14.0. The Morgan fingerprint density at radius 1 is 1.40 bits per heavy atom. The summed E-state index contributed by atoms with van der Waals surface area (Å²) in [6.07, 6.45) is -4.39. The molecule has 166 valence electrons. The Morgan fingerprint density at radius 2 is 2.10 bits per heavy atom. The van der Waals surface area contributed by atoms with Crippen LogP contribution in [0.15, 0.2) is 18.2 Å². The molecule has 1 saturated heterocycles. The average molecular weight is 452 g/mol. The molecule has 3 amide bonds. The van der Waals surface area contributed by atoms with E-state index in [2.05, 4.69) is 10.6 Å². The molecule has 2 atom stereocenters. The monoisotopic (exact) mass is 451 g/mol. The summed E-state index contributed by atoms with van der Waals surface area (Å²) in [7, 11) is 0. The van der Waals surface area contributed by atoms with Crippen LogP contribution in [0.3, 0.4) is 0 Å². The fourth-order valence-electron chi connectivity index (χ4n) is 3.68. The van der Waals surface area contributed by atoms with Crippen molar-refractivity contribution in [2.24, 2.45) is 5.92 Å². The number of benzene rings is 1. The van der Waals surface area contributed by atoms with Crippen molar-refractivity contribution >= 4 is 23.5 Å². The summed E-state index contributed by atoms with van der Waals surface area (Å²) in [6.45, 7) is 0.907. The molecule has 1 aliphatic heterocycles. The van der Waals surface area contributed by atoms with Crippen molar-refractivity contribution < 1.29 is 31.9 Å². The zero-order valence-electron chi connectivity index (χ0n) is 16.1. The van der Waals surface area contributed by atoms with Gasteiger partial charge in [0.05, 0.1) is 17.2 Å². The predicted octanol–water partition coefficient (Wildman–Crippen LogP) is 3.41. The molecule has 1 saturated carbocycles. The lowest BCUT2D eigenvalue weighted by Crippen LogP contribution is -2.59. The molecule has 0 aromatic heterocycles. The number of carbonyl (C=O) groups is 2. The van der Waals surface area contributed by atoms with E-state index in [-0.39, 0.29) is 16.8 Å². The van der Waals surface area contributed by atoms with E-state index >= 15 is 0 Å². The fourth-order valence-corrected chi connectivity index (χ4v) is 3.87. The van der Waals surface area contributed by atoms with Gasteiger partial charge in [-0.25, -0.2) is 9.18 Å². The summed E-state index contributed by atoms with van der Waals surface area (Å²) < 4.78 is 55.5. The first-order valence-corrected chi connectivity index (χ1v) is 9.91. The third-order valence-corrected chi connectivity index (χ3v) is 5.72. The molecule has 6 nitrogen and oxygen atoms in total. The molecule has 2 fully saturated rings. The van der Waals surface area contributed by atoms with Gasteiger partial charge < -0.3 is 20.3 Å². The molecule has 0 unspecified atom stereocenters. The van der Waals surface area contributed by atoms with Crippen LogP contribution in [0.4, 0.5) is 22.4 Å². The number of nitrogens with one attached hydrogen (secondary N) is 2. The molecular weight excluding hydrogens is 430 g/mol. The van der Waals surface area contributed by atoms with E-state index in [0.717, 1.165) is 0 Å². The van der Waals surface area contributed by atoms with Crippen LogP contribution in [-0.2, 0) is 9.53 Å². The van der Waals surface area contributed by atoms with Crippen molar-refractivity contribution in [3.8, 4) is 0 Å². The summed E-state index contributed by atoms with van der Waals surface area (Å²) in [5.41, 5.74) is 0.531. The Kier molecular flexibility index (Phi) is 6.76. The Hall–Kier alpha value is -2.07. The van der Waals surface area contributed by atoms with Gasteiger partial charge in [0, 0.05) is 13.1 Å². The highest BCUT2D eigenvalue weighted by atomic mass is 35.5. The second-order valence-corrected chi connectivity index (χ2v) is 7.95. The van der Waals surface area contributed by atoms with E-state index in [9.17, 15) is 27.2 Å². The van der Waals surface area contributed by atoms with E-state index in [1.165, 1.54) is 23.1 Å². The lowest BCUT2D eigenvalue weighted by atomic mass is 9.75. The van der Waals surface area contributed by atoms with Crippen molar-refractivity contribution in [1.82, 2.24) is 15.5 Å². The molecular formula is C19H22ClF4N3O3. The minimum absolute atomic E-state index is 0.123. The third kappa shape index (κ3) is 5.34. The number of rotatable bonds is 5. The highest BCUT2D eigenvalue weighted by molar-refractivity contribution is 6.30. The molecule has 2 N–H and O–H groups in total. The molecule has 1 aromatic rings. The first kappa shape index (κ1) is 22.6. The van der Waals surface area contributed by atoms with Gasteiger partial charge >= 0.3 is 12.2 Å². The summed E-state index contributed by atoms with van der Waals surface area (Å²) >= 11 is 5.88. The van der Waals surface area contributed by atoms with Gasteiger partial charge in [-0.15, -0.1) is 0 Å². The van der Waals surface area contributed by atoms with Crippen LogP contribution in [-0.4, -0.2) is 54.9 Å². The maximum absolute atomic E-state index is 13.6.